The molecule has 2 aromatic rings. The van der Waals surface area contributed by atoms with Crippen LogP contribution < -0.4 is 0 Å². The van der Waals surface area contributed by atoms with Crippen molar-refractivity contribution in [3.05, 3.63) is 82.4 Å². The Bertz CT molecular complexity index is 933. The van der Waals surface area contributed by atoms with Crippen LogP contribution in [0.1, 0.15) is 98.8 Å². The number of rotatable bonds is 7. The van der Waals surface area contributed by atoms with E-state index >= 15 is 0 Å². The lowest BCUT2D eigenvalue weighted by Gasteiger charge is -2.42. The van der Waals surface area contributed by atoms with Gasteiger partial charge in [0.1, 0.15) is 0 Å². The van der Waals surface area contributed by atoms with Crippen molar-refractivity contribution in [2.24, 2.45) is 0 Å². The molecule has 2 aromatic carbocycles. The van der Waals surface area contributed by atoms with Crippen molar-refractivity contribution in [2.75, 3.05) is 0 Å². The summed E-state index contributed by atoms with van der Waals surface area (Å²) in [5.74, 6) is -0.613. The highest BCUT2D eigenvalue weighted by Crippen LogP contribution is 2.46. The van der Waals surface area contributed by atoms with E-state index in [1.165, 1.54) is 29.5 Å². The summed E-state index contributed by atoms with van der Waals surface area (Å²) in [5, 5.41) is 9.30. The number of fused-ring (bicyclic) bond motifs is 1. The maximum atomic E-state index is 11.3. The second-order valence-electron chi connectivity index (χ2n) is 10.1. The monoisotopic (exact) mass is 404 g/mol. The Balaban J connectivity index is 1.73. The lowest BCUT2D eigenvalue weighted by Crippen LogP contribution is -2.33. The normalized spacial score (nSPS) is 18.2. The minimum atomic E-state index is -0.865. The molecule has 1 aliphatic carbocycles. The fraction of sp³-hybridized carbons (Fsp3) is 0.464. The maximum Gasteiger partial charge on any atom is 0.335 e. The van der Waals surface area contributed by atoms with Crippen molar-refractivity contribution in [2.45, 2.75) is 83.5 Å². The summed E-state index contributed by atoms with van der Waals surface area (Å²) >= 11 is 0. The van der Waals surface area contributed by atoms with Gasteiger partial charge < -0.3 is 5.11 Å². The van der Waals surface area contributed by atoms with Crippen LogP contribution in [-0.4, -0.2) is 11.1 Å². The molecule has 1 N–H and O–H groups in total. The average molecular weight is 405 g/mol. The number of benzene rings is 2. The molecule has 0 heterocycles. The smallest absolute Gasteiger partial charge is 0.335 e. The first-order valence-corrected chi connectivity index (χ1v) is 11.2. The largest absolute Gasteiger partial charge is 0.478 e. The lowest BCUT2D eigenvalue weighted by molar-refractivity contribution is 0.0696. The van der Waals surface area contributed by atoms with E-state index in [1.54, 1.807) is 6.07 Å². The Hall–Kier alpha value is -2.35. The molecule has 160 valence electrons. The summed E-state index contributed by atoms with van der Waals surface area (Å²) in [5.41, 5.74) is 6.40. The summed E-state index contributed by atoms with van der Waals surface area (Å²) in [6.45, 7) is 11.5. The van der Waals surface area contributed by atoms with Gasteiger partial charge in [-0.05, 0) is 84.2 Å². The zero-order chi connectivity index (χ0) is 21.9. The predicted molar refractivity (Wildman–Crippen MR) is 126 cm³/mol. The number of allylic oxidation sites excluding steroid dienone is 2. The van der Waals surface area contributed by atoms with Crippen LogP contribution in [0.3, 0.4) is 0 Å². The molecule has 0 fully saturated rings. The molecule has 0 saturated carbocycles. The number of aromatic carboxylic acids is 1. The van der Waals surface area contributed by atoms with E-state index in [0.717, 1.165) is 24.8 Å². The van der Waals surface area contributed by atoms with E-state index in [4.69, 9.17) is 0 Å². The third-order valence-corrected chi connectivity index (χ3v) is 6.88. The van der Waals surface area contributed by atoms with Gasteiger partial charge in [0.05, 0.1) is 5.56 Å². The van der Waals surface area contributed by atoms with E-state index in [0.29, 0.717) is 5.56 Å². The van der Waals surface area contributed by atoms with Gasteiger partial charge in [0.15, 0.2) is 0 Å². The van der Waals surface area contributed by atoms with E-state index in [1.807, 2.05) is 25.1 Å². The first-order chi connectivity index (χ1) is 14.1. The number of aryl methyl sites for hydroxylation is 1. The minimum absolute atomic E-state index is 0.242. The number of carboxylic acid groups (broad SMARTS) is 1. The maximum absolute atomic E-state index is 11.3. The van der Waals surface area contributed by atoms with Crippen molar-refractivity contribution >= 4 is 5.97 Å². The Morgan fingerprint density at radius 1 is 1.03 bits per heavy atom. The number of carboxylic acids is 1. The number of hydrogen-bond acceptors (Lipinski definition) is 1. The van der Waals surface area contributed by atoms with Crippen LogP contribution in [0.15, 0.2) is 54.6 Å². The molecule has 0 aromatic heterocycles. The molecule has 0 amide bonds. The molecular formula is C28H36O2. The van der Waals surface area contributed by atoms with Crippen molar-refractivity contribution in [3.8, 4) is 0 Å². The van der Waals surface area contributed by atoms with E-state index < -0.39 is 5.97 Å². The summed E-state index contributed by atoms with van der Waals surface area (Å²) in [6, 6.07) is 14.5. The van der Waals surface area contributed by atoms with Crippen LogP contribution in [-0.2, 0) is 17.3 Å². The highest BCUT2D eigenvalue weighted by Gasteiger charge is 2.36. The number of carbonyl (C=O) groups is 1. The second kappa shape index (κ2) is 8.79. The SMILES string of the molecule is CC=C[C@H](CCCc1ccc2c(c1)C(C)(C)CCC2(C)C)c1cccc(C(=O)O)c1. The van der Waals surface area contributed by atoms with Gasteiger partial charge in [-0.15, -0.1) is 0 Å². The first kappa shape index (κ1) is 22.3. The molecule has 30 heavy (non-hydrogen) atoms. The van der Waals surface area contributed by atoms with Gasteiger partial charge in [-0.1, -0.05) is 70.2 Å². The van der Waals surface area contributed by atoms with Gasteiger partial charge in [-0.3, -0.25) is 0 Å². The molecule has 0 spiro atoms. The van der Waals surface area contributed by atoms with Crippen LogP contribution in [0.2, 0.25) is 0 Å². The van der Waals surface area contributed by atoms with Gasteiger partial charge in [-0.2, -0.15) is 0 Å². The lowest BCUT2D eigenvalue weighted by atomic mass is 9.63. The quantitative estimate of drug-likeness (QED) is 0.488. The fourth-order valence-corrected chi connectivity index (χ4v) is 4.83. The fourth-order valence-electron chi connectivity index (χ4n) is 4.83. The van der Waals surface area contributed by atoms with Gasteiger partial charge in [0.25, 0.3) is 0 Å². The molecule has 0 saturated heterocycles. The predicted octanol–water partition coefficient (Wildman–Crippen LogP) is 7.42. The van der Waals surface area contributed by atoms with Crippen molar-refractivity contribution in [1.29, 1.82) is 0 Å². The summed E-state index contributed by atoms with van der Waals surface area (Å²) in [7, 11) is 0. The van der Waals surface area contributed by atoms with Crippen LogP contribution in [0.5, 0.6) is 0 Å². The first-order valence-electron chi connectivity index (χ1n) is 11.2. The zero-order valence-corrected chi connectivity index (χ0v) is 19.2. The van der Waals surface area contributed by atoms with Crippen molar-refractivity contribution in [1.82, 2.24) is 0 Å². The third-order valence-electron chi connectivity index (χ3n) is 6.88. The van der Waals surface area contributed by atoms with Gasteiger partial charge in [-0.25, -0.2) is 4.79 Å². The molecule has 0 bridgehead atoms. The van der Waals surface area contributed by atoms with Crippen LogP contribution in [0, 0.1) is 0 Å². The summed E-state index contributed by atoms with van der Waals surface area (Å²) in [6.07, 6.45) is 9.89. The van der Waals surface area contributed by atoms with E-state index in [2.05, 4.69) is 58.0 Å². The Morgan fingerprint density at radius 3 is 2.40 bits per heavy atom. The Kier molecular flexibility index (Phi) is 6.55. The molecule has 1 aliphatic rings. The van der Waals surface area contributed by atoms with Crippen molar-refractivity contribution < 1.29 is 9.90 Å². The molecule has 3 rings (SSSR count). The highest BCUT2D eigenvalue weighted by atomic mass is 16.4. The standard InChI is InChI=1S/C28H36O2/c1-6-9-21(22-12-8-13-23(19-22)26(29)30)11-7-10-20-14-15-24-25(18-20)28(4,5)17-16-27(24,2)3/h6,8-9,12-15,18-19,21H,7,10-11,16-17H2,1-5H3,(H,29,30)/t21-/m1/s1. The molecular weight excluding hydrogens is 368 g/mol. The van der Waals surface area contributed by atoms with Crippen LogP contribution in [0.25, 0.3) is 0 Å². The zero-order valence-electron chi connectivity index (χ0n) is 19.2. The average Bonchev–Trinajstić information content (AvgIpc) is 2.71. The topological polar surface area (TPSA) is 37.3 Å². The van der Waals surface area contributed by atoms with Crippen LogP contribution in [0.4, 0.5) is 0 Å². The van der Waals surface area contributed by atoms with Crippen LogP contribution >= 0.6 is 0 Å². The molecule has 0 radical (unpaired) electrons. The molecule has 2 heteroatoms. The summed E-state index contributed by atoms with van der Waals surface area (Å²) in [4.78, 5) is 11.3. The van der Waals surface area contributed by atoms with Gasteiger partial charge >= 0.3 is 5.97 Å². The van der Waals surface area contributed by atoms with E-state index in [9.17, 15) is 9.90 Å². The molecule has 1 atom stereocenters. The molecule has 0 aliphatic heterocycles. The number of hydrogen-bond donors (Lipinski definition) is 1. The Labute approximate surface area is 182 Å². The third kappa shape index (κ3) is 4.86. The minimum Gasteiger partial charge on any atom is -0.478 e. The van der Waals surface area contributed by atoms with Crippen molar-refractivity contribution in [3.63, 3.8) is 0 Å². The highest BCUT2D eigenvalue weighted by molar-refractivity contribution is 5.87. The molecule has 2 nitrogen and oxygen atoms in total. The Morgan fingerprint density at radius 2 is 1.73 bits per heavy atom. The van der Waals surface area contributed by atoms with Gasteiger partial charge in [0, 0.05) is 5.92 Å². The van der Waals surface area contributed by atoms with E-state index in [-0.39, 0.29) is 16.7 Å². The second-order valence-corrected chi connectivity index (χ2v) is 10.1. The van der Waals surface area contributed by atoms with Gasteiger partial charge in [0.2, 0.25) is 0 Å². The molecule has 0 unspecified atom stereocenters. The summed E-state index contributed by atoms with van der Waals surface area (Å²) < 4.78 is 0.